The van der Waals surface area contributed by atoms with Crippen LogP contribution in [-0.4, -0.2) is 41.4 Å². The van der Waals surface area contributed by atoms with E-state index in [0.717, 1.165) is 9.91 Å². The van der Waals surface area contributed by atoms with Crippen LogP contribution < -0.4 is 10.2 Å². The van der Waals surface area contributed by atoms with Crippen LogP contribution in [0.5, 0.6) is 0 Å². The van der Waals surface area contributed by atoms with Crippen molar-refractivity contribution >= 4 is 29.1 Å². The summed E-state index contributed by atoms with van der Waals surface area (Å²) < 4.78 is 13.7. The third-order valence-electron chi connectivity index (χ3n) is 4.33. The molecule has 0 radical (unpaired) electrons. The maximum Gasteiger partial charge on any atom is 0.263 e. The van der Waals surface area contributed by atoms with Gasteiger partial charge in [-0.25, -0.2) is 9.29 Å². The maximum absolute atomic E-state index is 13.7. The van der Waals surface area contributed by atoms with Crippen molar-refractivity contribution in [1.82, 2.24) is 5.01 Å². The summed E-state index contributed by atoms with van der Waals surface area (Å²) in [6.45, 7) is -0.333. The Morgan fingerprint density at radius 3 is 2.48 bits per heavy atom. The van der Waals surface area contributed by atoms with Crippen molar-refractivity contribution in [3.8, 4) is 0 Å². The number of carbonyl (C=O) groups is 3. The molecule has 0 aromatic heterocycles. The zero-order valence-corrected chi connectivity index (χ0v) is 13.9. The van der Waals surface area contributed by atoms with Crippen molar-refractivity contribution in [1.29, 1.82) is 0 Å². The van der Waals surface area contributed by atoms with Crippen molar-refractivity contribution in [2.45, 2.75) is 12.1 Å². The number of carbonyl (C=O) groups excluding carboxylic acids is 3. The second-order valence-corrected chi connectivity index (χ2v) is 6.07. The third-order valence-corrected chi connectivity index (χ3v) is 4.33. The van der Waals surface area contributed by atoms with Crippen molar-refractivity contribution in [2.24, 2.45) is 10.3 Å². The van der Waals surface area contributed by atoms with Crippen molar-refractivity contribution < 1.29 is 18.8 Å². The molecule has 0 unspecified atom stereocenters. The molecule has 9 heteroatoms. The van der Waals surface area contributed by atoms with E-state index < -0.39 is 35.6 Å². The number of benzene rings is 2. The van der Waals surface area contributed by atoms with E-state index in [2.05, 4.69) is 15.7 Å². The molecule has 27 heavy (non-hydrogen) atoms. The highest BCUT2D eigenvalue weighted by Gasteiger charge is 2.55. The predicted molar refractivity (Wildman–Crippen MR) is 93.1 cm³/mol. The van der Waals surface area contributed by atoms with Gasteiger partial charge < -0.3 is 5.32 Å². The first-order valence-corrected chi connectivity index (χ1v) is 8.21. The molecule has 0 spiro atoms. The van der Waals surface area contributed by atoms with Gasteiger partial charge in [0.05, 0.1) is 11.4 Å². The van der Waals surface area contributed by atoms with E-state index in [1.807, 2.05) is 0 Å². The molecule has 2 heterocycles. The summed E-state index contributed by atoms with van der Waals surface area (Å²) in [5.74, 6) is -2.14. The molecule has 4 rings (SSSR count). The monoisotopic (exact) mass is 367 g/mol. The van der Waals surface area contributed by atoms with Crippen LogP contribution in [0.1, 0.15) is 0 Å². The number of imide groups is 1. The molecule has 2 aliphatic heterocycles. The molecule has 1 saturated heterocycles. The van der Waals surface area contributed by atoms with Crippen LogP contribution in [0.15, 0.2) is 64.9 Å². The zero-order valence-electron chi connectivity index (χ0n) is 13.9. The van der Waals surface area contributed by atoms with Crippen LogP contribution in [0.3, 0.4) is 0 Å². The maximum atomic E-state index is 13.7. The van der Waals surface area contributed by atoms with Crippen molar-refractivity contribution in [3.63, 3.8) is 0 Å². The van der Waals surface area contributed by atoms with Gasteiger partial charge >= 0.3 is 0 Å². The lowest BCUT2D eigenvalue weighted by atomic mass is 10.1. The van der Waals surface area contributed by atoms with Crippen LogP contribution in [-0.2, 0) is 14.4 Å². The van der Waals surface area contributed by atoms with E-state index in [4.69, 9.17) is 0 Å². The van der Waals surface area contributed by atoms with Gasteiger partial charge in [-0.15, -0.1) is 0 Å². The Kier molecular flexibility index (Phi) is 4.11. The number of anilines is 2. The quantitative estimate of drug-likeness (QED) is 0.833. The average molecular weight is 367 g/mol. The number of nitrogens with one attached hydrogen (secondary N) is 1. The van der Waals surface area contributed by atoms with Crippen molar-refractivity contribution in [2.75, 3.05) is 16.8 Å². The van der Waals surface area contributed by atoms with Gasteiger partial charge in [0.25, 0.3) is 11.8 Å². The highest BCUT2D eigenvalue weighted by molar-refractivity contribution is 6.25. The second-order valence-electron chi connectivity index (χ2n) is 6.07. The SMILES string of the molecule is O=C(CN1N=N[C@H]2C(=O)N(c3ccccc3)C(=O)[C@H]21)Nc1ccccc1F. The van der Waals surface area contributed by atoms with Gasteiger partial charge in [-0.2, -0.15) is 5.11 Å². The molecule has 136 valence electrons. The number of hydrogen-bond acceptors (Lipinski definition) is 6. The van der Waals surface area contributed by atoms with Crippen LogP contribution in [0.4, 0.5) is 15.8 Å². The van der Waals surface area contributed by atoms with E-state index >= 15 is 0 Å². The Morgan fingerprint density at radius 1 is 1.04 bits per heavy atom. The molecule has 2 atom stereocenters. The van der Waals surface area contributed by atoms with Gasteiger partial charge in [-0.05, 0) is 24.3 Å². The van der Waals surface area contributed by atoms with Gasteiger partial charge in [0, 0.05) is 0 Å². The van der Waals surface area contributed by atoms with Gasteiger partial charge in [-0.3, -0.25) is 19.4 Å². The summed E-state index contributed by atoms with van der Waals surface area (Å²) in [7, 11) is 0. The summed E-state index contributed by atoms with van der Waals surface area (Å²) in [6, 6.07) is 12.2. The summed E-state index contributed by atoms with van der Waals surface area (Å²) in [5.41, 5.74) is 0.461. The fourth-order valence-electron chi connectivity index (χ4n) is 3.08. The fraction of sp³-hybridized carbons (Fsp3) is 0.167. The summed E-state index contributed by atoms with van der Waals surface area (Å²) in [6.07, 6.45) is 0. The van der Waals surface area contributed by atoms with Crippen LogP contribution in [0.25, 0.3) is 0 Å². The molecular formula is C18H14FN5O3. The Labute approximate surface area is 153 Å². The Balaban J connectivity index is 1.49. The highest BCUT2D eigenvalue weighted by Crippen LogP contribution is 2.31. The number of para-hydroxylation sites is 2. The summed E-state index contributed by atoms with van der Waals surface area (Å²) in [4.78, 5) is 38.6. The van der Waals surface area contributed by atoms with Crippen LogP contribution >= 0.6 is 0 Å². The number of halogens is 1. The van der Waals surface area contributed by atoms with E-state index in [9.17, 15) is 18.8 Å². The first-order chi connectivity index (χ1) is 13.1. The molecule has 3 amide bonds. The molecule has 0 saturated carbocycles. The van der Waals surface area contributed by atoms with Crippen LogP contribution in [0.2, 0.25) is 0 Å². The number of hydrogen-bond donors (Lipinski definition) is 1. The topological polar surface area (TPSA) is 94.4 Å². The van der Waals surface area contributed by atoms with Crippen LogP contribution in [0, 0.1) is 5.82 Å². The normalized spacial score (nSPS) is 20.9. The van der Waals surface area contributed by atoms with Gasteiger partial charge in [0.1, 0.15) is 12.4 Å². The first-order valence-electron chi connectivity index (χ1n) is 8.21. The minimum Gasteiger partial charge on any atom is -0.322 e. The Hall–Kier alpha value is -3.62. The molecule has 2 aromatic carbocycles. The molecular weight excluding hydrogens is 353 g/mol. The third kappa shape index (κ3) is 2.92. The summed E-state index contributed by atoms with van der Waals surface area (Å²) in [5, 5.41) is 11.2. The lowest BCUT2D eigenvalue weighted by Crippen LogP contribution is -2.43. The van der Waals surface area contributed by atoms with E-state index in [0.29, 0.717) is 5.69 Å². The fourth-order valence-corrected chi connectivity index (χ4v) is 3.08. The standard InChI is InChI=1S/C18H14FN5O3/c19-12-8-4-5-9-13(12)20-14(25)10-23-16-15(21-22-23)17(26)24(18(16)27)11-6-2-1-3-7-11/h1-9,15-16H,10H2,(H,20,25)/t15-,16+/m1/s1. The largest absolute Gasteiger partial charge is 0.322 e. The molecule has 0 aliphatic carbocycles. The van der Waals surface area contributed by atoms with E-state index in [1.165, 1.54) is 18.2 Å². The van der Waals surface area contributed by atoms with Crippen molar-refractivity contribution in [3.05, 3.63) is 60.4 Å². The minimum absolute atomic E-state index is 0.0231. The molecule has 2 aromatic rings. The zero-order chi connectivity index (χ0) is 19.0. The molecule has 1 N–H and O–H groups in total. The summed E-state index contributed by atoms with van der Waals surface area (Å²) >= 11 is 0. The lowest BCUT2D eigenvalue weighted by molar-refractivity contribution is -0.123. The number of amides is 3. The Bertz CT molecular complexity index is 949. The lowest BCUT2D eigenvalue weighted by Gasteiger charge is -2.20. The van der Waals surface area contributed by atoms with E-state index in [-0.39, 0.29) is 12.2 Å². The first kappa shape index (κ1) is 16.8. The second kappa shape index (κ2) is 6.60. The number of fused-ring (bicyclic) bond motifs is 1. The smallest absolute Gasteiger partial charge is 0.263 e. The minimum atomic E-state index is -0.987. The number of rotatable bonds is 4. The average Bonchev–Trinajstić information content (AvgIpc) is 3.18. The number of nitrogens with zero attached hydrogens (tertiary/aromatic N) is 4. The highest BCUT2D eigenvalue weighted by atomic mass is 19.1. The Morgan fingerprint density at radius 2 is 1.74 bits per heavy atom. The van der Waals surface area contributed by atoms with Gasteiger partial charge in [0.2, 0.25) is 5.91 Å². The van der Waals surface area contributed by atoms with Gasteiger partial charge in [0.15, 0.2) is 12.1 Å². The molecule has 2 aliphatic rings. The predicted octanol–water partition coefficient (Wildman–Crippen LogP) is 1.76. The van der Waals surface area contributed by atoms with E-state index in [1.54, 1.807) is 36.4 Å². The van der Waals surface area contributed by atoms with Gasteiger partial charge in [-0.1, -0.05) is 35.6 Å². The molecule has 8 nitrogen and oxygen atoms in total. The molecule has 1 fully saturated rings. The molecule has 0 bridgehead atoms.